The molecule has 7 rings (SSSR count). The van der Waals surface area contributed by atoms with Crippen molar-refractivity contribution in [1.29, 1.82) is 0 Å². The quantitative estimate of drug-likeness (QED) is 0.130. The molecule has 2 heteroatoms. The van der Waals surface area contributed by atoms with Crippen molar-refractivity contribution in [2.24, 2.45) is 0 Å². The molecular formula is C45H40Br2. The molecule has 0 saturated heterocycles. The van der Waals surface area contributed by atoms with Crippen LogP contribution in [-0.2, 0) is 5.41 Å². The van der Waals surface area contributed by atoms with Crippen molar-refractivity contribution in [1.82, 2.24) is 0 Å². The molecule has 0 amide bonds. The Bertz CT molecular complexity index is 1970. The van der Waals surface area contributed by atoms with Crippen LogP contribution in [0.2, 0.25) is 0 Å². The van der Waals surface area contributed by atoms with Crippen LogP contribution >= 0.6 is 31.9 Å². The van der Waals surface area contributed by atoms with E-state index < -0.39 is 5.41 Å². The van der Waals surface area contributed by atoms with Crippen LogP contribution in [0.1, 0.15) is 78.8 Å². The summed E-state index contributed by atoms with van der Waals surface area (Å²) in [5.41, 5.74) is 15.0. The van der Waals surface area contributed by atoms with Crippen LogP contribution in [0.4, 0.5) is 0 Å². The van der Waals surface area contributed by atoms with Gasteiger partial charge in [0.25, 0.3) is 0 Å². The topological polar surface area (TPSA) is 0 Å². The van der Waals surface area contributed by atoms with E-state index in [-0.39, 0.29) is 0 Å². The first-order valence-electron chi connectivity index (χ1n) is 16.9. The van der Waals surface area contributed by atoms with Crippen LogP contribution in [0.15, 0.2) is 148 Å². The highest BCUT2D eigenvalue weighted by Crippen LogP contribution is 2.57. The van der Waals surface area contributed by atoms with Gasteiger partial charge in [-0.2, -0.15) is 0 Å². The monoisotopic (exact) mass is 738 g/mol. The Balaban J connectivity index is 1.40. The molecule has 0 radical (unpaired) electrons. The van der Waals surface area contributed by atoms with Crippen molar-refractivity contribution < 1.29 is 0 Å². The number of unbranched alkanes of at least 4 members (excludes halogenated alkanes) is 3. The van der Waals surface area contributed by atoms with Crippen LogP contribution in [0, 0.1) is 6.92 Å². The Hall–Kier alpha value is -3.72. The third kappa shape index (κ3) is 6.19. The fraction of sp³-hybridized carbons (Fsp3) is 0.200. The van der Waals surface area contributed by atoms with Crippen LogP contribution < -0.4 is 0 Å². The maximum absolute atomic E-state index is 3.86. The maximum atomic E-state index is 3.86. The number of aryl methyl sites for hydroxylation is 1. The van der Waals surface area contributed by atoms with E-state index in [1.54, 1.807) is 0 Å². The molecule has 0 atom stereocenters. The first-order valence-corrected chi connectivity index (χ1v) is 18.5. The van der Waals surface area contributed by atoms with Gasteiger partial charge in [-0.25, -0.2) is 0 Å². The smallest absolute Gasteiger partial charge is 0.0714 e. The number of hydrogen-bond acceptors (Lipinski definition) is 0. The molecule has 0 fully saturated rings. The summed E-state index contributed by atoms with van der Waals surface area (Å²) in [5, 5.41) is 0. The highest BCUT2D eigenvalue weighted by molar-refractivity contribution is 9.10. The number of hydrogen-bond donors (Lipinski definition) is 0. The highest BCUT2D eigenvalue weighted by atomic mass is 79.9. The molecule has 2 aliphatic rings. The zero-order valence-corrected chi connectivity index (χ0v) is 30.4. The number of rotatable bonds is 9. The Morgan fingerprint density at radius 1 is 0.596 bits per heavy atom. The zero-order valence-electron chi connectivity index (χ0n) is 27.2. The first-order chi connectivity index (χ1) is 23.0. The fourth-order valence-corrected chi connectivity index (χ4v) is 8.21. The molecule has 234 valence electrons. The van der Waals surface area contributed by atoms with Crippen molar-refractivity contribution in [3.63, 3.8) is 0 Å². The second-order valence-electron chi connectivity index (χ2n) is 13.0. The Kier molecular flexibility index (Phi) is 9.35. The van der Waals surface area contributed by atoms with Gasteiger partial charge in [0.1, 0.15) is 0 Å². The van der Waals surface area contributed by atoms with Gasteiger partial charge in [0.05, 0.1) is 5.41 Å². The van der Waals surface area contributed by atoms with Crippen molar-refractivity contribution >= 4 is 37.4 Å². The Morgan fingerprint density at radius 2 is 1.23 bits per heavy atom. The average molecular weight is 741 g/mol. The molecule has 0 aliphatic heterocycles. The van der Waals surface area contributed by atoms with E-state index in [1.807, 2.05) is 0 Å². The van der Waals surface area contributed by atoms with Crippen molar-refractivity contribution in [3.8, 4) is 22.3 Å². The molecule has 0 N–H and O–H groups in total. The van der Waals surface area contributed by atoms with E-state index in [4.69, 9.17) is 0 Å². The molecular weight excluding hydrogens is 700 g/mol. The molecule has 0 bridgehead atoms. The SMILES string of the molecule is CCCCCCC1=CCC=C(c2cccc(C3(c4cccc(-c5ccc(C)cc5)c4)c4cc(Br)ccc4-c4ccc(Br)cc43)c2)C=C1. The predicted molar refractivity (Wildman–Crippen MR) is 208 cm³/mol. The minimum atomic E-state index is -0.507. The van der Waals surface area contributed by atoms with E-state index in [9.17, 15) is 0 Å². The summed E-state index contributed by atoms with van der Waals surface area (Å²) in [6.07, 6.45) is 16.8. The summed E-state index contributed by atoms with van der Waals surface area (Å²) < 4.78 is 2.18. The van der Waals surface area contributed by atoms with E-state index >= 15 is 0 Å². The van der Waals surface area contributed by atoms with Crippen molar-refractivity contribution in [3.05, 3.63) is 181 Å². The molecule has 2 aliphatic carbocycles. The maximum Gasteiger partial charge on any atom is 0.0714 e. The van der Waals surface area contributed by atoms with Gasteiger partial charge in [-0.05, 0) is 118 Å². The largest absolute Gasteiger partial charge is 0.0775 e. The molecule has 5 aromatic carbocycles. The van der Waals surface area contributed by atoms with Gasteiger partial charge < -0.3 is 0 Å². The lowest BCUT2D eigenvalue weighted by molar-refractivity contribution is 0.667. The van der Waals surface area contributed by atoms with Crippen LogP contribution in [0.3, 0.4) is 0 Å². The third-order valence-electron chi connectivity index (χ3n) is 9.88. The molecule has 47 heavy (non-hydrogen) atoms. The molecule has 0 unspecified atom stereocenters. The van der Waals surface area contributed by atoms with Gasteiger partial charge in [-0.1, -0.05) is 166 Å². The second kappa shape index (κ2) is 13.8. The number of fused-ring (bicyclic) bond motifs is 3. The fourth-order valence-electron chi connectivity index (χ4n) is 7.49. The standard InChI is InChI=1S/C45H40Br2/c1-3-4-5-6-10-32-11-7-12-33(22-19-32)35-13-8-15-37(27-35)45(38-16-9-14-36(28-38)34-20-17-31(2)18-21-34)43-29-39(46)23-25-41(43)42-26-24-40(47)30-44(42)45/h8-9,11-30H,3-7,10H2,1-2H3. The summed E-state index contributed by atoms with van der Waals surface area (Å²) in [6.45, 7) is 4.42. The van der Waals surface area contributed by atoms with Gasteiger partial charge in [0, 0.05) is 8.95 Å². The first kappa shape index (κ1) is 31.9. The van der Waals surface area contributed by atoms with Crippen molar-refractivity contribution in [2.45, 2.75) is 57.8 Å². The van der Waals surface area contributed by atoms with Gasteiger partial charge in [-0.3, -0.25) is 0 Å². The minimum absolute atomic E-state index is 0.507. The number of benzene rings is 5. The minimum Gasteiger partial charge on any atom is -0.0775 e. The number of halogens is 2. The predicted octanol–water partition coefficient (Wildman–Crippen LogP) is 13.8. The zero-order chi connectivity index (χ0) is 32.4. The molecule has 0 heterocycles. The van der Waals surface area contributed by atoms with Gasteiger partial charge in [0.15, 0.2) is 0 Å². The summed E-state index contributed by atoms with van der Waals surface area (Å²) in [4.78, 5) is 0. The lowest BCUT2D eigenvalue weighted by Gasteiger charge is -2.35. The molecule has 0 aromatic heterocycles. The average Bonchev–Trinajstić information content (AvgIpc) is 3.19. The normalized spacial score (nSPS) is 14.6. The Labute approximate surface area is 297 Å². The Morgan fingerprint density at radius 3 is 1.89 bits per heavy atom. The van der Waals surface area contributed by atoms with Crippen molar-refractivity contribution in [2.75, 3.05) is 0 Å². The van der Waals surface area contributed by atoms with E-state index in [1.165, 1.54) is 92.5 Å². The lowest BCUT2D eigenvalue weighted by Crippen LogP contribution is -2.29. The lowest BCUT2D eigenvalue weighted by atomic mass is 9.67. The van der Waals surface area contributed by atoms with E-state index in [0.29, 0.717) is 0 Å². The van der Waals surface area contributed by atoms with E-state index in [2.05, 4.69) is 179 Å². The summed E-state index contributed by atoms with van der Waals surface area (Å²) in [5.74, 6) is 0. The molecule has 5 aromatic rings. The van der Waals surface area contributed by atoms with Crippen LogP contribution in [0.25, 0.3) is 27.8 Å². The van der Waals surface area contributed by atoms with Crippen LogP contribution in [-0.4, -0.2) is 0 Å². The summed E-state index contributed by atoms with van der Waals surface area (Å²) in [7, 11) is 0. The molecule has 0 nitrogen and oxygen atoms in total. The summed E-state index contributed by atoms with van der Waals surface area (Å²) in [6, 6.07) is 41.0. The third-order valence-corrected chi connectivity index (χ3v) is 10.9. The second-order valence-corrected chi connectivity index (χ2v) is 14.8. The molecule has 0 spiro atoms. The number of allylic oxidation sites excluding steroid dienone is 6. The van der Waals surface area contributed by atoms with Gasteiger partial charge in [0.2, 0.25) is 0 Å². The molecule has 0 saturated carbocycles. The summed E-state index contributed by atoms with van der Waals surface area (Å²) >= 11 is 7.73. The van der Waals surface area contributed by atoms with E-state index in [0.717, 1.165) is 21.8 Å². The highest BCUT2D eigenvalue weighted by Gasteiger charge is 2.46. The van der Waals surface area contributed by atoms with Crippen LogP contribution in [0.5, 0.6) is 0 Å². The van der Waals surface area contributed by atoms with Gasteiger partial charge >= 0.3 is 0 Å². The van der Waals surface area contributed by atoms with Gasteiger partial charge in [-0.15, -0.1) is 0 Å².